The van der Waals surface area contributed by atoms with E-state index in [1.165, 1.54) is 0 Å². The van der Waals surface area contributed by atoms with Gasteiger partial charge in [-0.25, -0.2) is 9.59 Å². The molecule has 0 aliphatic carbocycles. The Hall–Kier alpha value is -3.39. The molecule has 0 radical (unpaired) electrons. The highest BCUT2D eigenvalue weighted by molar-refractivity contribution is 7.80. The highest BCUT2D eigenvalue weighted by Crippen LogP contribution is 2.32. The standard InChI is InChI=1S/C24H28N4O3S/c1-5-28-16(4)20(22(29)31-6-2)21(27-24(28)32)17-11-9-12-18(14-17)25-23(30)26-19-13-8-7-10-15(19)3/h7-14,21H,5-6H2,1-4H3,(H,27,32)(H2,25,26,30). The van der Waals surface area contributed by atoms with Crippen LogP contribution in [0.2, 0.25) is 0 Å². The van der Waals surface area contributed by atoms with Crippen molar-refractivity contribution in [3.63, 3.8) is 0 Å². The Morgan fingerprint density at radius 1 is 1.09 bits per heavy atom. The number of hydrogen-bond donors (Lipinski definition) is 3. The maximum atomic E-state index is 12.8. The van der Waals surface area contributed by atoms with Gasteiger partial charge < -0.3 is 25.6 Å². The Kier molecular flexibility index (Phi) is 7.48. The molecular formula is C24H28N4O3S. The van der Waals surface area contributed by atoms with Gasteiger partial charge in [0.05, 0.1) is 18.2 Å². The number of carbonyl (C=O) groups excluding carboxylic acids is 2. The van der Waals surface area contributed by atoms with Crippen LogP contribution in [0.4, 0.5) is 16.2 Å². The predicted molar refractivity (Wildman–Crippen MR) is 130 cm³/mol. The fraction of sp³-hybridized carbons (Fsp3) is 0.292. The molecule has 1 atom stereocenters. The first-order valence-corrected chi connectivity index (χ1v) is 11.0. The number of hydrogen-bond acceptors (Lipinski definition) is 4. The van der Waals surface area contributed by atoms with Crippen LogP contribution in [-0.4, -0.2) is 35.2 Å². The number of carbonyl (C=O) groups is 2. The van der Waals surface area contributed by atoms with Gasteiger partial charge in [-0.3, -0.25) is 0 Å². The van der Waals surface area contributed by atoms with E-state index in [4.69, 9.17) is 17.0 Å². The number of aryl methyl sites for hydroxylation is 1. The molecule has 8 heteroatoms. The number of esters is 1. The Morgan fingerprint density at radius 3 is 2.53 bits per heavy atom. The Labute approximate surface area is 193 Å². The summed E-state index contributed by atoms with van der Waals surface area (Å²) in [6, 6.07) is 14.1. The lowest BCUT2D eigenvalue weighted by atomic mass is 9.94. The number of nitrogens with one attached hydrogen (secondary N) is 3. The molecule has 1 aliphatic rings. The summed E-state index contributed by atoms with van der Waals surface area (Å²) < 4.78 is 5.32. The third kappa shape index (κ3) is 5.08. The lowest BCUT2D eigenvalue weighted by molar-refractivity contribution is -0.139. The number of ether oxygens (including phenoxy) is 1. The average molecular weight is 453 g/mol. The van der Waals surface area contributed by atoms with Gasteiger partial charge in [-0.2, -0.15) is 0 Å². The van der Waals surface area contributed by atoms with Crippen molar-refractivity contribution in [1.29, 1.82) is 0 Å². The fourth-order valence-electron chi connectivity index (χ4n) is 3.68. The molecular weight excluding hydrogens is 424 g/mol. The number of nitrogens with zero attached hydrogens (tertiary/aromatic N) is 1. The molecule has 2 aromatic rings. The fourth-order valence-corrected chi connectivity index (χ4v) is 4.06. The Balaban J connectivity index is 1.87. The largest absolute Gasteiger partial charge is 0.463 e. The molecule has 168 valence electrons. The molecule has 2 aromatic carbocycles. The second-order valence-corrected chi connectivity index (χ2v) is 7.75. The molecule has 0 spiro atoms. The quantitative estimate of drug-likeness (QED) is 0.434. The molecule has 0 saturated carbocycles. The summed E-state index contributed by atoms with van der Waals surface area (Å²) in [5, 5.41) is 9.50. The number of urea groups is 1. The Bertz CT molecular complexity index is 1070. The van der Waals surface area contributed by atoms with E-state index in [-0.39, 0.29) is 18.6 Å². The Morgan fingerprint density at radius 2 is 1.84 bits per heavy atom. The first-order chi connectivity index (χ1) is 15.3. The zero-order valence-electron chi connectivity index (χ0n) is 18.7. The van der Waals surface area contributed by atoms with Crippen LogP contribution in [0.25, 0.3) is 0 Å². The van der Waals surface area contributed by atoms with Crippen LogP contribution in [-0.2, 0) is 9.53 Å². The van der Waals surface area contributed by atoms with E-state index in [2.05, 4.69) is 16.0 Å². The molecule has 7 nitrogen and oxygen atoms in total. The minimum atomic E-state index is -0.481. The summed E-state index contributed by atoms with van der Waals surface area (Å²) in [6.45, 7) is 8.46. The maximum Gasteiger partial charge on any atom is 0.338 e. The molecule has 2 amide bonds. The predicted octanol–water partition coefficient (Wildman–Crippen LogP) is 4.73. The van der Waals surface area contributed by atoms with Crippen molar-refractivity contribution in [2.45, 2.75) is 33.7 Å². The van der Waals surface area contributed by atoms with E-state index in [1.54, 1.807) is 13.0 Å². The van der Waals surface area contributed by atoms with Crippen molar-refractivity contribution >= 4 is 40.7 Å². The SMILES string of the molecule is CCOC(=O)C1=C(C)N(CC)C(=S)NC1c1cccc(NC(=O)Nc2ccccc2C)c1. The van der Waals surface area contributed by atoms with Crippen molar-refractivity contribution in [3.8, 4) is 0 Å². The summed E-state index contributed by atoms with van der Waals surface area (Å²) >= 11 is 5.52. The van der Waals surface area contributed by atoms with Gasteiger partial charge in [0.15, 0.2) is 5.11 Å². The summed E-state index contributed by atoms with van der Waals surface area (Å²) in [7, 11) is 0. The highest BCUT2D eigenvalue weighted by Gasteiger charge is 2.34. The zero-order chi connectivity index (χ0) is 23.3. The summed E-state index contributed by atoms with van der Waals surface area (Å²) in [5.41, 5.74) is 4.36. The van der Waals surface area contributed by atoms with Crippen molar-refractivity contribution < 1.29 is 14.3 Å². The van der Waals surface area contributed by atoms with Crippen molar-refractivity contribution in [2.24, 2.45) is 0 Å². The van der Waals surface area contributed by atoms with Gasteiger partial charge in [0.1, 0.15) is 0 Å². The molecule has 0 fully saturated rings. The number of thiocarbonyl (C=S) groups is 1. The van der Waals surface area contributed by atoms with Crippen LogP contribution >= 0.6 is 12.2 Å². The summed E-state index contributed by atoms with van der Waals surface area (Å²) in [5.74, 6) is -0.390. The minimum Gasteiger partial charge on any atom is -0.463 e. The number of amides is 2. The third-order valence-corrected chi connectivity index (χ3v) is 5.62. The zero-order valence-corrected chi connectivity index (χ0v) is 19.5. The van der Waals surface area contributed by atoms with E-state index >= 15 is 0 Å². The first kappa shape index (κ1) is 23.3. The van der Waals surface area contributed by atoms with Crippen LogP contribution < -0.4 is 16.0 Å². The molecule has 32 heavy (non-hydrogen) atoms. The van der Waals surface area contributed by atoms with Crippen LogP contribution in [0.15, 0.2) is 59.8 Å². The first-order valence-electron chi connectivity index (χ1n) is 10.5. The van der Waals surface area contributed by atoms with Gasteiger partial charge in [0.25, 0.3) is 0 Å². The number of anilines is 2. The van der Waals surface area contributed by atoms with Crippen LogP contribution in [0.3, 0.4) is 0 Å². The smallest absolute Gasteiger partial charge is 0.338 e. The van der Waals surface area contributed by atoms with Crippen LogP contribution in [0.1, 0.15) is 37.9 Å². The summed E-state index contributed by atoms with van der Waals surface area (Å²) in [4.78, 5) is 27.2. The number of benzene rings is 2. The summed E-state index contributed by atoms with van der Waals surface area (Å²) in [6.07, 6.45) is 0. The van der Waals surface area contributed by atoms with Crippen molar-refractivity contribution in [3.05, 3.63) is 70.9 Å². The molecule has 1 aliphatic heterocycles. The van der Waals surface area contributed by atoms with Crippen LogP contribution in [0.5, 0.6) is 0 Å². The van der Waals surface area contributed by atoms with E-state index in [1.807, 2.05) is 68.1 Å². The molecule has 3 N–H and O–H groups in total. The van der Waals surface area contributed by atoms with Gasteiger partial charge >= 0.3 is 12.0 Å². The lowest BCUT2D eigenvalue weighted by Gasteiger charge is -2.37. The lowest BCUT2D eigenvalue weighted by Crippen LogP contribution is -2.47. The van der Waals surface area contributed by atoms with Gasteiger partial charge in [0.2, 0.25) is 0 Å². The normalized spacial score (nSPS) is 15.8. The molecule has 0 saturated heterocycles. The van der Waals surface area contributed by atoms with E-state index in [0.717, 1.165) is 22.5 Å². The van der Waals surface area contributed by atoms with Gasteiger partial charge in [-0.05, 0) is 69.2 Å². The monoisotopic (exact) mass is 452 g/mol. The molecule has 1 unspecified atom stereocenters. The van der Waals surface area contributed by atoms with Gasteiger partial charge in [-0.1, -0.05) is 30.3 Å². The highest BCUT2D eigenvalue weighted by atomic mass is 32.1. The molecule has 1 heterocycles. The molecule has 0 bridgehead atoms. The van der Waals surface area contributed by atoms with E-state index in [0.29, 0.717) is 22.9 Å². The second kappa shape index (κ2) is 10.3. The number of allylic oxidation sites excluding steroid dienone is 1. The van der Waals surface area contributed by atoms with Gasteiger partial charge in [-0.15, -0.1) is 0 Å². The van der Waals surface area contributed by atoms with E-state index < -0.39 is 6.04 Å². The van der Waals surface area contributed by atoms with E-state index in [9.17, 15) is 9.59 Å². The van der Waals surface area contributed by atoms with Crippen molar-refractivity contribution in [1.82, 2.24) is 10.2 Å². The number of para-hydroxylation sites is 1. The van der Waals surface area contributed by atoms with Crippen molar-refractivity contribution in [2.75, 3.05) is 23.8 Å². The second-order valence-electron chi connectivity index (χ2n) is 7.37. The topological polar surface area (TPSA) is 82.7 Å². The minimum absolute atomic E-state index is 0.277. The van der Waals surface area contributed by atoms with Crippen LogP contribution in [0, 0.1) is 6.92 Å². The van der Waals surface area contributed by atoms with Gasteiger partial charge in [0, 0.05) is 23.6 Å². The maximum absolute atomic E-state index is 12.8. The molecule has 3 rings (SSSR count). The number of rotatable bonds is 6. The molecule has 0 aromatic heterocycles. The third-order valence-electron chi connectivity index (χ3n) is 5.28. The average Bonchev–Trinajstić information content (AvgIpc) is 2.75.